The summed E-state index contributed by atoms with van der Waals surface area (Å²) < 4.78 is 68.6. The average Bonchev–Trinajstić information content (AvgIpc) is 2.64. The number of ether oxygens (including phenoxy) is 1. The van der Waals surface area contributed by atoms with Crippen molar-refractivity contribution in [2.45, 2.75) is 17.6 Å². The molecule has 2 aromatic carbocycles. The maximum absolute atomic E-state index is 12.3. The first-order valence-electron chi connectivity index (χ1n) is 7.69. The number of carbonyl (C=O) groups excluding carboxylic acids is 1. The molecule has 0 bridgehead atoms. The van der Waals surface area contributed by atoms with Crippen LogP contribution in [0.25, 0.3) is 0 Å². The normalized spacial score (nSPS) is 11.9. The van der Waals surface area contributed by atoms with E-state index in [0.717, 1.165) is 24.3 Å². The molecule has 0 unspecified atom stereocenters. The van der Waals surface area contributed by atoms with Gasteiger partial charge in [-0.15, -0.1) is 0 Å². The topological polar surface area (TPSA) is 84.5 Å². The van der Waals surface area contributed by atoms with Gasteiger partial charge in [0.2, 0.25) is 10.0 Å². The van der Waals surface area contributed by atoms with Crippen LogP contribution in [0.3, 0.4) is 0 Å². The van der Waals surface area contributed by atoms with E-state index in [0.29, 0.717) is 11.3 Å². The molecule has 6 nitrogen and oxygen atoms in total. The molecule has 0 heterocycles. The zero-order valence-corrected chi connectivity index (χ0v) is 15.0. The number of nitrogens with one attached hydrogen (secondary N) is 2. The predicted octanol–water partition coefficient (Wildman–Crippen LogP) is 2.47. The number of hydrogen-bond donors (Lipinski definition) is 2. The lowest BCUT2D eigenvalue weighted by atomic mass is 10.2. The maximum atomic E-state index is 12.3. The van der Waals surface area contributed by atoms with Gasteiger partial charge in [-0.2, -0.15) is 13.2 Å². The van der Waals surface area contributed by atoms with E-state index < -0.39 is 28.7 Å². The molecule has 0 fully saturated rings. The Bertz CT molecular complexity index is 897. The van der Waals surface area contributed by atoms with Gasteiger partial charge in [-0.25, -0.2) is 13.1 Å². The summed E-state index contributed by atoms with van der Waals surface area (Å²) in [6.45, 7) is -1.48. The zero-order valence-electron chi connectivity index (χ0n) is 14.2. The van der Waals surface area contributed by atoms with Crippen molar-refractivity contribution in [1.82, 2.24) is 10.0 Å². The van der Waals surface area contributed by atoms with Gasteiger partial charge in [0.15, 0.2) is 0 Å². The number of carbonyl (C=O) groups is 1. The number of sulfonamides is 1. The van der Waals surface area contributed by atoms with E-state index in [1.54, 1.807) is 29.6 Å². The van der Waals surface area contributed by atoms with Crippen LogP contribution in [-0.2, 0) is 16.6 Å². The fourth-order valence-corrected chi connectivity index (χ4v) is 3.18. The van der Waals surface area contributed by atoms with Crippen molar-refractivity contribution < 1.29 is 31.1 Å². The highest BCUT2D eigenvalue weighted by atomic mass is 32.2. The number of halogens is 3. The molecule has 0 atom stereocenters. The van der Waals surface area contributed by atoms with Gasteiger partial charge in [0.1, 0.15) is 12.3 Å². The number of benzene rings is 2. The average molecular weight is 402 g/mol. The maximum Gasteiger partial charge on any atom is 0.405 e. The monoisotopic (exact) mass is 402 g/mol. The molecule has 2 aromatic rings. The van der Waals surface area contributed by atoms with E-state index in [9.17, 15) is 26.4 Å². The van der Waals surface area contributed by atoms with Gasteiger partial charge >= 0.3 is 6.18 Å². The second kappa shape index (κ2) is 8.40. The lowest BCUT2D eigenvalue weighted by Gasteiger charge is -2.11. The fourth-order valence-electron chi connectivity index (χ4n) is 2.17. The fraction of sp³-hybridized carbons (Fsp3) is 0.235. The zero-order chi connectivity index (χ0) is 20.1. The highest BCUT2D eigenvalue weighted by molar-refractivity contribution is 7.89. The lowest BCUT2D eigenvalue weighted by molar-refractivity contribution is -0.123. The Kier molecular flexibility index (Phi) is 6.45. The van der Waals surface area contributed by atoms with Gasteiger partial charge in [-0.05, 0) is 30.3 Å². The molecule has 0 spiro atoms. The minimum absolute atomic E-state index is 0.0137. The minimum atomic E-state index is -4.53. The number of methoxy groups -OCH3 is 1. The predicted molar refractivity (Wildman–Crippen MR) is 91.8 cm³/mol. The summed E-state index contributed by atoms with van der Waals surface area (Å²) >= 11 is 0. The molecule has 2 rings (SSSR count). The molecule has 0 saturated heterocycles. The highest BCUT2D eigenvalue weighted by Gasteiger charge is 2.28. The molecule has 0 aliphatic carbocycles. The molecule has 0 aliphatic rings. The summed E-state index contributed by atoms with van der Waals surface area (Å²) in [5.41, 5.74) is 0.551. The van der Waals surface area contributed by atoms with E-state index in [1.165, 1.54) is 7.11 Å². The van der Waals surface area contributed by atoms with E-state index >= 15 is 0 Å². The van der Waals surface area contributed by atoms with E-state index in [2.05, 4.69) is 4.72 Å². The summed E-state index contributed by atoms with van der Waals surface area (Å²) in [6.07, 6.45) is -4.53. The molecule has 0 aliphatic heterocycles. The Balaban J connectivity index is 2.05. The summed E-state index contributed by atoms with van der Waals surface area (Å²) in [5, 5.41) is 1.71. The first kappa shape index (κ1) is 20.7. The second-order valence-corrected chi connectivity index (χ2v) is 7.23. The molecule has 2 N–H and O–H groups in total. The van der Waals surface area contributed by atoms with Crippen LogP contribution < -0.4 is 14.8 Å². The second-order valence-electron chi connectivity index (χ2n) is 5.46. The summed E-state index contributed by atoms with van der Waals surface area (Å²) in [4.78, 5) is 11.5. The van der Waals surface area contributed by atoms with E-state index in [4.69, 9.17) is 4.74 Å². The SMILES string of the molecule is COc1ccccc1CNS(=O)(=O)c1ccc(C(=O)NCC(F)(F)F)cc1. The molecular formula is C17H17F3N2O4S. The van der Waals surface area contributed by atoms with Crippen LogP contribution >= 0.6 is 0 Å². The van der Waals surface area contributed by atoms with Crippen molar-refractivity contribution in [1.29, 1.82) is 0 Å². The van der Waals surface area contributed by atoms with Crippen molar-refractivity contribution in [2.75, 3.05) is 13.7 Å². The molecule has 1 amide bonds. The smallest absolute Gasteiger partial charge is 0.405 e. The van der Waals surface area contributed by atoms with Crippen molar-refractivity contribution in [3.05, 3.63) is 59.7 Å². The molecule has 27 heavy (non-hydrogen) atoms. The number of hydrogen-bond acceptors (Lipinski definition) is 4. The van der Waals surface area contributed by atoms with Gasteiger partial charge in [-0.1, -0.05) is 18.2 Å². The number of amides is 1. The molecule has 0 saturated carbocycles. The third-order valence-electron chi connectivity index (χ3n) is 3.52. The van der Waals surface area contributed by atoms with Crippen molar-refractivity contribution in [2.24, 2.45) is 0 Å². The number of alkyl halides is 3. The lowest BCUT2D eigenvalue weighted by Crippen LogP contribution is -2.33. The summed E-state index contributed by atoms with van der Waals surface area (Å²) in [6, 6.07) is 11.5. The van der Waals surface area contributed by atoms with Gasteiger partial charge < -0.3 is 10.1 Å². The standard InChI is InChI=1S/C17H17F3N2O4S/c1-26-15-5-3-2-4-13(15)10-22-27(24,25)14-8-6-12(7-9-14)16(23)21-11-17(18,19)20/h2-9,22H,10-11H2,1H3,(H,21,23). The largest absolute Gasteiger partial charge is 0.496 e. The van der Waals surface area contributed by atoms with Gasteiger partial charge in [0.25, 0.3) is 5.91 Å². The Morgan fingerprint density at radius 2 is 1.70 bits per heavy atom. The molecular weight excluding hydrogens is 385 g/mol. The minimum Gasteiger partial charge on any atom is -0.496 e. The Morgan fingerprint density at radius 3 is 2.30 bits per heavy atom. The van der Waals surface area contributed by atoms with Crippen LogP contribution in [0.4, 0.5) is 13.2 Å². The summed E-state index contributed by atoms with van der Waals surface area (Å²) in [7, 11) is -2.41. The van der Waals surface area contributed by atoms with Crippen molar-refractivity contribution in [3.63, 3.8) is 0 Å². The number of rotatable bonds is 7. The van der Waals surface area contributed by atoms with Gasteiger partial charge in [-0.3, -0.25) is 4.79 Å². The third kappa shape index (κ3) is 5.97. The van der Waals surface area contributed by atoms with Gasteiger partial charge in [0, 0.05) is 17.7 Å². The third-order valence-corrected chi connectivity index (χ3v) is 4.94. The highest BCUT2D eigenvalue weighted by Crippen LogP contribution is 2.18. The first-order valence-corrected chi connectivity index (χ1v) is 9.17. The summed E-state index contributed by atoms with van der Waals surface area (Å²) in [5.74, 6) is -0.421. The van der Waals surface area contributed by atoms with Crippen molar-refractivity contribution >= 4 is 15.9 Å². The van der Waals surface area contributed by atoms with Crippen molar-refractivity contribution in [3.8, 4) is 5.75 Å². The molecule has 0 aromatic heterocycles. The Labute approximate surface area is 154 Å². The Morgan fingerprint density at radius 1 is 1.07 bits per heavy atom. The Hall–Kier alpha value is -2.59. The molecule has 0 radical (unpaired) electrons. The van der Waals surface area contributed by atoms with E-state index in [1.807, 2.05) is 0 Å². The van der Waals surface area contributed by atoms with Crippen LogP contribution in [0.15, 0.2) is 53.4 Å². The first-order chi connectivity index (χ1) is 12.6. The van der Waals surface area contributed by atoms with Crippen LogP contribution in [-0.4, -0.2) is 34.2 Å². The van der Waals surface area contributed by atoms with Crippen LogP contribution in [0.1, 0.15) is 15.9 Å². The quantitative estimate of drug-likeness (QED) is 0.745. The van der Waals surface area contributed by atoms with E-state index in [-0.39, 0.29) is 17.0 Å². The number of para-hydroxylation sites is 1. The molecule has 10 heteroatoms. The van der Waals surface area contributed by atoms with Gasteiger partial charge in [0.05, 0.1) is 12.0 Å². The van der Waals surface area contributed by atoms with Crippen LogP contribution in [0, 0.1) is 0 Å². The molecule has 146 valence electrons. The van der Waals surface area contributed by atoms with Crippen LogP contribution in [0.5, 0.6) is 5.75 Å². The van der Waals surface area contributed by atoms with Crippen LogP contribution in [0.2, 0.25) is 0 Å².